The molecule has 0 aliphatic rings. The molecule has 0 saturated carbocycles. The Morgan fingerprint density at radius 1 is 1.00 bits per heavy atom. The molecule has 0 aliphatic carbocycles. The summed E-state index contributed by atoms with van der Waals surface area (Å²) in [5.41, 5.74) is 1.77. The zero-order chi connectivity index (χ0) is 23.8. The van der Waals surface area contributed by atoms with Gasteiger partial charge in [0.2, 0.25) is 0 Å². The van der Waals surface area contributed by atoms with Crippen molar-refractivity contribution in [2.24, 2.45) is 0 Å². The number of hydrogen-bond donors (Lipinski definition) is 4. The predicted molar refractivity (Wildman–Crippen MR) is 122 cm³/mol. The van der Waals surface area contributed by atoms with E-state index in [1.165, 1.54) is 18.2 Å². The fourth-order valence-corrected chi connectivity index (χ4v) is 3.50. The molecule has 2 atom stereocenters. The van der Waals surface area contributed by atoms with Crippen LogP contribution >= 0.6 is 0 Å². The molecule has 4 N–H and O–H groups in total. The fraction of sp³-hybridized carbons (Fsp3) is 0.308. The van der Waals surface area contributed by atoms with Gasteiger partial charge in [0.25, 0.3) is 0 Å². The molecule has 0 amide bonds. The summed E-state index contributed by atoms with van der Waals surface area (Å²) >= 11 is 0. The maximum absolute atomic E-state index is 14.4. The van der Waals surface area contributed by atoms with Gasteiger partial charge in [0.05, 0.1) is 12.7 Å². The molecule has 0 aromatic heterocycles. The van der Waals surface area contributed by atoms with Crippen LogP contribution in [0.1, 0.15) is 35.3 Å². The molecule has 1 unspecified atom stereocenters. The Morgan fingerprint density at radius 2 is 1.76 bits per heavy atom. The Morgan fingerprint density at radius 3 is 2.48 bits per heavy atom. The number of rotatable bonds is 11. The fourth-order valence-electron chi connectivity index (χ4n) is 3.50. The van der Waals surface area contributed by atoms with Crippen molar-refractivity contribution >= 4 is 0 Å². The van der Waals surface area contributed by atoms with Gasteiger partial charge in [-0.2, -0.15) is 8.78 Å². The molecule has 0 fully saturated rings. The highest BCUT2D eigenvalue weighted by molar-refractivity contribution is 5.36. The number of benzene rings is 3. The van der Waals surface area contributed by atoms with Gasteiger partial charge in [0.1, 0.15) is 11.5 Å². The van der Waals surface area contributed by atoms with Crippen LogP contribution in [-0.4, -0.2) is 34.5 Å². The summed E-state index contributed by atoms with van der Waals surface area (Å²) in [7, 11) is 0. The molecule has 3 aromatic carbocycles. The molecule has 0 bridgehead atoms. The zero-order valence-corrected chi connectivity index (χ0v) is 18.4. The van der Waals surface area contributed by atoms with E-state index in [-0.39, 0.29) is 30.5 Å². The van der Waals surface area contributed by atoms with Gasteiger partial charge in [0.15, 0.2) is 6.61 Å². The van der Waals surface area contributed by atoms with E-state index < -0.39 is 18.6 Å². The quantitative estimate of drug-likeness (QED) is 0.345. The molecule has 0 spiro atoms. The summed E-state index contributed by atoms with van der Waals surface area (Å²) < 4.78 is 34.1. The van der Waals surface area contributed by atoms with E-state index in [1.807, 2.05) is 13.0 Å². The summed E-state index contributed by atoms with van der Waals surface area (Å²) in [6, 6.07) is 19.3. The van der Waals surface area contributed by atoms with Crippen LogP contribution in [0.3, 0.4) is 0 Å². The number of hydrogen-bond acceptors (Lipinski definition) is 5. The van der Waals surface area contributed by atoms with Gasteiger partial charge in [-0.3, -0.25) is 0 Å². The van der Waals surface area contributed by atoms with Crippen LogP contribution < -0.4 is 10.1 Å². The lowest BCUT2D eigenvalue weighted by atomic mass is 10.0. The minimum Gasteiger partial charge on any atom is -0.508 e. The summed E-state index contributed by atoms with van der Waals surface area (Å²) in [4.78, 5) is 0. The number of ether oxygens (including phenoxy) is 1. The Hall–Kier alpha value is -3.00. The maximum Gasteiger partial charge on any atom is 0.306 e. The van der Waals surface area contributed by atoms with Gasteiger partial charge in [-0.15, -0.1) is 0 Å². The molecule has 3 aromatic rings. The first-order chi connectivity index (χ1) is 15.8. The summed E-state index contributed by atoms with van der Waals surface area (Å²) in [5.74, 6) is -2.73. The topological polar surface area (TPSA) is 82.0 Å². The van der Waals surface area contributed by atoms with E-state index in [9.17, 15) is 24.1 Å². The third kappa shape index (κ3) is 6.99. The highest BCUT2D eigenvalue weighted by Crippen LogP contribution is 2.29. The number of nitrogens with one attached hydrogen (secondary N) is 1. The Bertz CT molecular complexity index is 1030. The summed E-state index contributed by atoms with van der Waals surface area (Å²) in [6.45, 7) is 1.17. The van der Waals surface area contributed by atoms with E-state index in [1.54, 1.807) is 48.5 Å². The lowest BCUT2D eigenvalue weighted by Gasteiger charge is -2.19. The van der Waals surface area contributed by atoms with Crippen molar-refractivity contribution in [3.05, 3.63) is 95.1 Å². The molecular weight excluding hydrogens is 428 g/mol. The van der Waals surface area contributed by atoms with Crippen molar-refractivity contribution in [2.45, 2.75) is 38.0 Å². The summed E-state index contributed by atoms with van der Waals surface area (Å²) in [5, 5.41) is 32.6. The lowest BCUT2D eigenvalue weighted by Crippen LogP contribution is -2.32. The SMILES string of the molecule is CC(Cc1cccc(OCC(F)(F)c2ccccc2)c1)NC[C@H](O)c1ccc(O)c(CO)c1. The highest BCUT2D eigenvalue weighted by atomic mass is 19.3. The van der Waals surface area contributed by atoms with Crippen LogP contribution in [0.15, 0.2) is 72.8 Å². The van der Waals surface area contributed by atoms with E-state index in [2.05, 4.69) is 5.32 Å². The van der Waals surface area contributed by atoms with Crippen molar-refractivity contribution in [3.63, 3.8) is 0 Å². The third-order valence-electron chi connectivity index (χ3n) is 5.37. The van der Waals surface area contributed by atoms with Crippen LogP contribution in [0, 0.1) is 0 Å². The maximum atomic E-state index is 14.4. The van der Waals surface area contributed by atoms with Crippen molar-refractivity contribution < 1.29 is 28.8 Å². The van der Waals surface area contributed by atoms with Crippen LogP contribution in [0.25, 0.3) is 0 Å². The molecule has 7 heteroatoms. The molecular formula is C26H29F2NO4. The first-order valence-corrected chi connectivity index (χ1v) is 10.8. The first-order valence-electron chi connectivity index (χ1n) is 10.8. The number of aliphatic hydroxyl groups is 2. The molecule has 5 nitrogen and oxygen atoms in total. The molecule has 0 radical (unpaired) electrons. The van der Waals surface area contributed by atoms with Gasteiger partial charge < -0.3 is 25.4 Å². The standard InChI is InChI=1S/C26H29F2NO4/c1-18(29-15-25(32)20-10-11-24(31)21(14-20)16-30)12-19-6-5-9-23(13-19)33-17-26(27,28)22-7-3-2-4-8-22/h2-11,13-14,18,25,29-32H,12,15-17H2,1H3/t18?,25-/m0/s1. The van der Waals surface area contributed by atoms with Crippen LogP contribution in [0.4, 0.5) is 8.78 Å². The van der Waals surface area contributed by atoms with Crippen molar-refractivity contribution in [1.82, 2.24) is 5.32 Å². The van der Waals surface area contributed by atoms with Gasteiger partial charge in [-0.1, -0.05) is 48.5 Å². The monoisotopic (exact) mass is 457 g/mol. The minimum atomic E-state index is -3.09. The zero-order valence-electron chi connectivity index (χ0n) is 18.4. The van der Waals surface area contributed by atoms with Crippen LogP contribution in [0.2, 0.25) is 0 Å². The van der Waals surface area contributed by atoms with Gasteiger partial charge in [-0.25, -0.2) is 0 Å². The Kier molecular flexibility index (Phi) is 8.38. The molecule has 176 valence electrons. The van der Waals surface area contributed by atoms with Crippen LogP contribution in [-0.2, 0) is 19.0 Å². The number of halogens is 2. The smallest absolute Gasteiger partial charge is 0.306 e. The van der Waals surface area contributed by atoms with E-state index in [0.717, 1.165) is 5.56 Å². The lowest BCUT2D eigenvalue weighted by molar-refractivity contribution is -0.0467. The second-order valence-electron chi connectivity index (χ2n) is 8.08. The largest absolute Gasteiger partial charge is 0.508 e. The van der Waals surface area contributed by atoms with Crippen molar-refractivity contribution in [1.29, 1.82) is 0 Å². The highest BCUT2D eigenvalue weighted by Gasteiger charge is 2.32. The Balaban J connectivity index is 1.52. The van der Waals surface area contributed by atoms with Gasteiger partial charge >= 0.3 is 5.92 Å². The van der Waals surface area contributed by atoms with E-state index in [0.29, 0.717) is 23.3 Å². The van der Waals surface area contributed by atoms with Crippen LogP contribution in [0.5, 0.6) is 11.5 Å². The van der Waals surface area contributed by atoms with Crippen molar-refractivity contribution in [2.75, 3.05) is 13.2 Å². The average molecular weight is 458 g/mol. The first kappa shape index (κ1) is 24.6. The third-order valence-corrected chi connectivity index (χ3v) is 5.37. The molecule has 0 saturated heterocycles. The second-order valence-corrected chi connectivity index (χ2v) is 8.08. The molecule has 0 aliphatic heterocycles. The minimum absolute atomic E-state index is 0.00455. The Labute approximate surface area is 192 Å². The normalized spacial score (nSPS) is 13.5. The van der Waals surface area contributed by atoms with E-state index in [4.69, 9.17) is 4.74 Å². The van der Waals surface area contributed by atoms with Gasteiger partial charge in [0, 0.05) is 23.7 Å². The van der Waals surface area contributed by atoms with E-state index >= 15 is 0 Å². The van der Waals surface area contributed by atoms with Gasteiger partial charge in [-0.05, 0) is 48.7 Å². The molecule has 33 heavy (non-hydrogen) atoms. The van der Waals surface area contributed by atoms with Crippen molar-refractivity contribution in [3.8, 4) is 11.5 Å². The number of alkyl halides is 2. The number of aliphatic hydroxyl groups excluding tert-OH is 2. The number of phenols is 1. The average Bonchev–Trinajstić information content (AvgIpc) is 2.82. The second kappa shape index (κ2) is 11.2. The summed E-state index contributed by atoms with van der Waals surface area (Å²) in [6.07, 6.45) is -0.204. The number of aromatic hydroxyl groups is 1. The molecule has 3 rings (SSSR count). The predicted octanol–water partition coefficient (Wildman–Crippen LogP) is 4.31. The molecule has 0 heterocycles.